The Bertz CT molecular complexity index is 721. The van der Waals surface area contributed by atoms with E-state index in [-0.39, 0.29) is 24.0 Å². The predicted octanol–water partition coefficient (Wildman–Crippen LogP) is 1.82. The first kappa shape index (κ1) is 16.5. The van der Waals surface area contributed by atoms with E-state index in [1.807, 2.05) is 13.0 Å². The number of nitrogens with two attached hydrogens (primary N) is 1. The zero-order chi connectivity index (χ0) is 17.0. The van der Waals surface area contributed by atoms with E-state index in [0.29, 0.717) is 5.71 Å². The van der Waals surface area contributed by atoms with Gasteiger partial charge in [-0.25, -0.2) is 4.99 Å². The molecule has 0 radical (unpaired) electrons. The van der Waals surface area contributed by atoms with Crippen molar-refractivity contribution < 1.29 is 9.90 Å². The summed E-state index contributed by atoms with van der Waals surface area (Å²) in [6.07, 6.45) is 5.19. The molecular weight excluding hydrogens is 292 g/mol. The highest BCUT2D eigenvalue weighted by Gasteiger charge is 2.32. The molecular formula is C17H20N4O2. The molecule has 0 aliphatic carbocycles. The molecule has 3 N–H and O–H groups in total. The molecule has 1 aromatic rings. The average Bonchev–Trinajstić information content (AvgIpc) is 2.49. The van der Waals surface area contributed by atoms with Crippen LogP contribution in [0.25, 0.3) is 0 Å². The van der Waals surface area contributed by atoms with Gasteiger partial charge in [0.05, 0.1) is 17.7 Å². The number of allylic oxidation sites excluding steroid dienone is 1. The van der Waals surface area contributed by atoms with Gasteiger partial charge in [0.2, 0.25) is 5.91 Å². The van der Waals surface area contributed by atoms with Crippen molar-refractivity contribution in [3.8, 4) is 5.75 Å². The van der Waals surface area contributed by atoms with Crippen molar-refractivity contribution in [3.05, 3.63) is 54.8 Å². The average molecular weight is 312 g/mol. The molecule has 0 saturated carbocycles. The lowest BCUT2D eigenvalue weighted by atomic mass is 9.94. The molecule has 1 heterocycles. The molecule has 1 amide bonds. The van der Waals surface area contributed by atoms with Crippen LogP contribution >= 0.6 is 0 Å². The highest BCUT2D eigenvalue weighted by atomic mass is 16.3. The summed E-state index contributed by atoms with van der Waals surface area (Å²) in [4.78, 5) is 21.9. The quantitative estimate of drug-likeness (QED) is 0.831. The standard InChI is InChI=1S/C17H20N4O2/c1-4-19-14(12-6-5-7-13(22)10-12)8-9-17(2)11-15(23)21(3)16(18)20-17/h4-10,22H,1,11H2,2-3H3,(H2,18,20)/b9-8+,19-14?/t17-/m1/s1. The van der Waals surface area contributed by atoms with E-state index in [1.165, 1.54) is 11.1 Å². The van der Waals surface area contributed by atoms with Gasteiger partial charge in [0, 0.05) is 18.8 Å². The van der Waals surface area contributed by atoms with Gasteiger partial charge < -0.3 is 10.8 Å². The van der Waals surface area contributed by atoms with Gasteiger partial charge in [-0.2, -0.15) is 0 Å². The fourth-order valence-corrected chi connectivity index (χ4v) is 2.26. The Morgan fingerprint density at radius 2 is 2.30 bits per heavy atom. The lowest BCUT2D eigenvalue weighted by Crippen LogP contribution is -2.48. The maximum atomic E-state index is 12.0. The molecule has 0 aromatic heterocycles. The van der Waals surface area contributed by atoms with Gasteiger partial charge in [-0.3, -0.25) is 14.7 Å². The number of amides is 1. The molecule has 0 spiro atoms. The highest BCUT2D eigenvalue weighted by molar-refractivity contribution is 6.09. The minimum absolute atomic E-state index is 0.0933. The summed E-state index contributed by atoms with van der Waals surface area (Å²) in [5.74, 6) is 0.243. The summed E-state index contributed by atoms with van der Waals surface area (Å²) in [5, 5.41) is 9.60. The Morgan fingerprint density at radius 3 is 2.91 bits per heavy atom. The molecule has 1 atom stereocenters. The monoisotopic (exact) mass is 312 g/mol. The first-order valence-electron chi connectivity index (χ1n) is 7.14. The van der Waals surface area contributed by atoms with E-state index in [4.69, 9.17) is 5.73 Å². The maximum absolute atomic E-state index is 12.0. The minimum atomic E-state index is -0.730. The lowest BCUT2D eigenvalue weighted by Gasteiger charge is -2.31. The van der Waals surface area contributed by atoms with Gasteiger partial charge in [-0.15, -0.1) is 0 Å². The van der Waals surface area contributed by atoms with Crippen LogP contribution in [0.5, 0.6) is 5.75 Å². The summed E-state index contributed by atoms with van der Waals surface area (Å²) < 4.78 is 0. The Balaban J connectivity index is 2.34. The molecule has 1 aliphatic heterocycles. The van der Waals surface area contributed by atoms with Gasteiger partial charge in [0.25, 0.3) is 0 Å². The smallest absolute Gasteiger partial charge is 0.231 e. The molecule has 120 valence electrons. The number of rotatable bonds is 4. The number of hydrogen-bond donors (Lipinski definition) is 2. The number of carbonyl (C=O) groups excluding carboxylic acids is 1. The molecule has 0 unspecified atom stereocenters. The molecule has 0 bridgehead atoms. The predicted molar refractivity (Wildman–Crippen MR) is 91.4 cm³/mol. The highest BCUT2D eigenvalue weighted by Crippen LogP contribution is 2.23. The van der Waals surface area contributed by atoms with Crippen LogP contribution in [-0.4, -0.2) is 40.2 Å². The Labute approximate surface area is 135 Å². The Kier molecular flexibility index (Phi) is 4.64. The summed E-state index contributed by atoms with van der Waals surface area (Å²) >= 11 is 0. The van der Waals surface area contributed by atoms with Crippen molar-refractivity contribution in [2.45, 2.75) is 18.9 Å². The molecule has 1 aromatic carbocycles. The fraction of sp³-hybridized carbons (Fsp3) is 0.235. The largest absolute Gasteiger partial charge is 0.508 e. The SMILES string of the molecule is C=CN=C(/C=C/[C@]1(C)CC(=O)N(C)C(N)=N1)c1cccc(O)c1. The second-order valence-corrected chi connectivity index (χ2v) is 5.54. The summed E-state index contributed by atoms with van der Waals surface area (Å²) in [6, 6.07) is 6.74. The first-order chi connectivity index (χ1) is 10.8. The zero-order valence-electron chi connectivity index (χ0n) is 13.2. The van der Waals surface area contributed by atoms with E-state index in [9.17, 15) is 9.90 Å². The number of benzene rings is 1. The van der Waals surface area contributed by atoms with Crippen molar-refractivity contribution in [2.24, 2.45) is 15.7 Å². The summed E-state index contributed by atoms with van der Waals surface area (Å²) in [5.41, 5.74) is 6.40. The number of carbonyl (C=O) groups is 1. The molecule has 1 aliphatic rings. The molecule has 0 fully saturated rings. The normalized spacial score (nSPS) is 22.3. The lowest BCUT2D eigenvalue weighted by molar-refractivity contribution is -0.127. The van der Waals surface area contributed by atoms with Crippen molar-refractivity contribution in [1.29, 1.82) is 0 Å². The van der Waals surface area contributed by atoms with Crippen LogP contribution in [0.3, 0.4) is 0 Å². The van der Waals surface area contributed by atoms with Crippen molar-refractivity contribution in [2.75, 3.05) is 7.05 Å². The van der Waals surface area contributed by atoms with E-state index < -0.39 is 5.54 Å². The van der Waals surface area contributed by atoms with E-state index >= 15 is 0 Å². The van der Waals surface area contributed by atoms with Crippen LogP contribution in [-0.2, 0) is 4.79 Å². The number of phenols is 1. The number of aliphatic imine (C=N–C) groups is 2. The Morgan fingerprint density at radius 1 is 1.57 bits per heavy atom. The van der Waals surface area contributed by atoms with E-state index in [0.717, 1.165) is 5.56 Å². The zero-order valence-corrected chi connectivity index (χ0v) is 13.2. The van der Waals surface area contributed by atoms with Crippen LogP contribution in [0.1, 0.15) is 18.9 Å². The molecule has 2 rings (SSSR count). The second kappa shape index (κ2) is 6.48. The van der Waals surface area contributed by atoms with Crippen molar-refractivity contribution in [3.63, 3.8) is 0 Å². The van der Waals surface area contributed by atoms with Gasteiger partial charge in [0.1, 0.15) is 5.75 Å². The fourth-order valence-electron chi connectivity index (χ4n) is 2.26. The van der Waals surface area contributed by atoms with Crippen LogP contribution in [0.2, 0.25) is 0 Å². The third kappa shape index (κ3) is 3.85. The number of nitrogens with zero attached hydrogens (tertiary/aromatic N) is 3. The van der Waals surface area contributed by atoms with E-state index in [2.05, 4.69) is 16.6 Å². The third-order valence-corrected chi connectivity index (χ3v) is 3.57. The van der Waals surface area contributed by atoms with Crippen molar-refractivity contribution in [1.82, 2.24) is 4.90 Å². The number of guanidine groups is 1. The van der Waals surface area contributed by atoms with Gasteiger partial charge in [0.15, 0.2) is 5.96 Å². The molecule has 23 heavy (non-hydrogen) atoms. The van der Waals surface area contributed by atoms with Gasteiger partial charge >= 0.3 is 0 Å². The van der Waals surface area contributed by atoms with Crippen LogP contribution in [0.4, 0.5) is 0 Å². The number of aromatic hydroxyl groups is 1. The number of phenolic OH excluding ortho intramolecular Hbond substituents is 1. The third-order valence-electron chi connectivity index (χ3n) is 3.57. The summed E-state index contributed by atoms with van der Waals surface area (Å²) in [6.45, 7) is 5.43. The Hall–Kier alpha value is -2.89. The van der Waals surface area contributed by atoms with Crippen LogP contribution in [0, 0.1) is 0 Å². The maximum Gasteiger partial charge on any atom is 0.231 e. The molecule has 6 heteroatoms. The molecule has 6 nitrogen and oxygen atoms in total. The minimum Gasteiger partial charge on any atom is -0.508 e. The molecule has 0 saturated heterocycles. The van der Waals surface area contributed by atoms with Gasteiger partial charge in [-0.05, 0) is 25.1 Å². The summed E-state index contributed by atoms with van der Waals surface area (Å²) in [7, 11) is 1.60. The van der Waals surface area contributed by atoms with Crippen LogP contribution < -0.4 is 5.73 Å². The second-order valence-electron chi connectivity index (χ2n) is 5.54. The van der Waals surface area contributed by atoms with Crippen molar-refractivity contribution >= 4 is 17.6 Å². The van der Waals surface area contributed by atoms with Gasteiger partial charge in [-0.1, -0.05) is 24.8 Å². The van der Waals surface area contributed by atoms with Crippen LogP contribution in [0.15, 0.2) is 59.2 Å². The topological polar surface area (TPSA) is 91.3 Å². The first-order valence-corrected chi connectivity index (χ1v) is 7.14. The number of hydrogen-bond acceptors (Lipinski definition) is 5. The van der Waals surface area contributed by atoms with E-state index in [1.54, 1.807) is 37.4 Å².